The molecule has 4 nitrogen and oxygen atoms in total. The van der Waals surface area contributed by atoms with Gasteiger partial charge in [-0.3, -0.25) is 5.32 Å². The first kappa shape index (κ1) is 13.5. The molecule has 0 bridgehead atoms. The minimum absolute atomic E-state index is 0.210. The van der Waals surface area contributed by atoms with Gasteiger partial charge in [-0.2, -0.15) is 0 Å². The van der Waals surface area contributed by atoms with Crippen LogP contribution in [0.5, 0.6) is 0 Å². The standard InChI is InChI=1S/C13H20N2O2/c1-4-13(3,14)9-17-12(16)15-11-7-5-10(2)6-8-11/h5-8H,4,9,14H2,1-3H3,(H,15,16). The highest BCUT2D eigenvalue weighted by atomic mass is 16.5. The third-order valence-corrected chi connectivity index (χ3v) is 2.64. The summed E-state index contributed by atoms with van der Waals surface area (Å²) in [6.45, 7) is 6.01. The van der Waals surface area contributed by atoms with Crippen molar-refractivity contribution in [1.82, 2.24) is 0 Å². The van der Waals surface area contributed by atoms with Crippen molar-refractivity contribution < 1.29 is 9.53 Å². The van der Waals surface area contributed by atoms with E-state index in [9.17, 15) is 4.79 Å². The molecule has 1 rings (SSSR count). The van der Waals surface area contributed by atoms with E-state index < -0.39 is 11.6 Å². The monoisotopic (exact) mass is 236 g/mol. The Morgan fingerprint density at radius 1 is 1.41 bits per heavy atom. The number of rotatable bonds is 4. The fourth-order valence-electron chi connectivity index (χ4n) is 1.12. The van der Waals surface area contributed by atoms with Crippen LogP contribution in [0.2, 0.25) is 0 Å². The lowest BCUT2D eigenvalue weighted by atomic mass is 10.0. The highest BCUT2D eigenvalue weighted by Gasteiger charge is 2.18. The first-order valence-corrected chi connectivity index (χ1v) is 5.72. The smallest absolute Gasteiger partial charge is 0.411 e. The number of benzene rings is 1. The van der Waals surface area contributed by atoms with E-state index in [4.69, 9.17) is 10.5 Å². The van der Waals surface area contributed by atoms with Gasteiger partial charge in [0.25, 0.3) is 0 Å². The van der Waals surface area contributed by atoms with Crippen molar-refractivity contribution in [2.24, 2.45) is 5.73 Å². The molecule has 94 valence electrons. The molecule has 1 atom stereocenters. The molecule has 1 unspecified atom stereocenters. The molecule has 1 aromatic rings. The quantitative estimate of drug-likeness (QED) is 0.844. The minimum Gasteiger partial charge on any atom is -0.447 e. The maximum Gasteiger partial charge on any atom is 0.411 e. The summed E-state index contributed by atoms with van der Waals surface area (Å²) in [5.74, 6) is 0. The molecule has 0 aliphatic heterocycles. The van der Waals surface area contributed by atoms with Crippen molar-refractivity contribution in [3.8, 4) is 0 Å². The van der Waals surface area contributed by atoms with Gasteiger partial charge in [-0.05, 0) is 32.4 Å². The van der Waals surface area contributed by atoms with Gasteiger partial charge in [0.1, 0.15) is 6.61 Å². The molecule has 0 saturated heterocycles. The Bertz CT molecular complexity index is 372. The normalized spacial score (nSPS) is 13.9. The topological polar surface area (TPSA) is 64.3 Å². The van der Waals surface area contributed by atoms with E-state index in [0.717, 1.165) is 17.7 Å². The zero-order valence-corrected chi connectivity index (χ0v) is 10.6. The second-order valence-corrected chi connectivity index (χ2v) is 4.57. The van der Waals surface area contributed by atoms with Gasteiger partial charge in [0, 0.05) is 11.2 Å². The summed E-state index contributed by atoms with van der Waals surface area (Å²) in [5.41, 5.74) is 7.27. The van der Waals surface area contributed by atoms with Crippen LogP contribution in [0.4, 0.5) is 10.5 Å². The summed E-state index contributed by atoms with van der Waals surface area (Å²) in [4.78, 5) is 11.5. The Kier molecular flexibility index (Phi) is 4.52. The Morgan fingerprint density at radius 3 is 2.53 bits per heavy atom. The van der Waals surface area contributed by atoms with Crippen molar-refractivity contribution in [2.45, 2.75) is 32.7 Å². The molecule has 0 aromatic heterocycles. The molecule has 0 spiro atoms. The number of aryl methyl sites for hydroxylation is 1. The van der Waals surface area contributed by atoms with Crippen molar-refractivity contribution in [3.63, 3.8) is 0 Å². The van der Waals surface area contributed by atoms with Crippen LogP contribution in [0.3, 0.4) is 0 Å². The lowest BCUT2D eigenvalue weighted by molar-refractivity contribution is 0.132. The molecule has 0 saturated carbocycles. The van der Waals surface area contributed by atoms with Crippen LogP contribution in [0.1, 0.15) is 25.8 Å². The number of carbonyl (C=O) groups is 1. The highest BCUT2D eigenvalue weighted by Crippen LogP contribution is 2.10. The van der Waals surface area contributed by atoms with E-state index in [1.165, 1.54) is 0 Å². The molecular formula is C13H20N2O2. The van der Waals surface area contributed by atoms with E-state index in [-0.39, 0.29) is 6.61 Å². The third-order valence-electron chi connectivity index (χ3n) is 2.64. The molecule has 4 heteroatoms. The summed E-state index contributed by atoms with van der Waals surface area (Å²) < 4.78 is 5.06. The fourth-order valence-corrected chi connectivity index (χ4v) is 1.12. The van der Waals surface area contributed by atoms with Gasteiger partial charge in [-0.1, -0.05) is 24.6 Å². The maximum atomic E-state index is 11.5. The summed E-state index contributed by atoms with van der Waals surface area (Å²) in [5, 5.41) is 2.65. The molecule has 0 fully saturated rings. The number of amides is 1. The number of carbonyl (C=O) groups excluding carboxylic acids is 1. The van der Waals surface area contributed by atoms with Crippen molar-refractivity contribution >= 4 is 11.8 Å². The van der Waals surface area contributed by atoms with Gasteiger partial charge in [0.15, 0.2) is 0 Å². The van der Waals surface area contributed by atoms with Gasteiger partial charge in [-0.25, -0.2) is 4.79 Å². The SMILES string of the molecule is CCC(C)(N)COC(=O)Nc1ccc(C)cc1. The molecular weight excluding hydrogens is 216 g/mol. The number of hydrogen-bond donors (Lipinski definition) is 2. The molecule has 3 N–H and O–H groups in total. The van der Waals surface area contributed by atoms with Crippen molar-refractivity contribution in [3.05, 3.63) is 29.8 Å². The largest absolute Gasteiger partial charge is 0.447 e. The maximum absolute atomic E-state index is 11.5. The number of hydrogen-bond acceptors (Lipinski definition) is 3. The summed E-state index contributed by atoms with van der Waals surface area (Å²) in [6, 6.07) is 7.51. The predicted molar refractivity (Wildman–Crippen MR) is 69.0 cm³/mol. The van der Waals surface area contributed by atoms with Crippen LogP contribution in [0.15, 0.2) is 24.3 Å². The average molecular weight is 236 g/mol. The van der Waals surface area contributed by atoms with Crippen LogP contribution >= 0.6 is 0 Å². The summed E-state index contributed by atoms with van der Waals surface area (Å²) in [6.07, 6.45) is 0.282. The first-order chi connectivity index (χ1) is 7.93. The number of nitrogens with one attached hydrogen (secondary N) is 1. The Balaban J connectivity index is 2.42. The van der Waals surface area contributed by atoms with Crippen LogP contribution in [-0.4, -0.2) is 18.2 Å². The lowest BCUT2D eigenvalue weighted by Gasteiger charge is -2.21. The Morgan fingerprint density at radius 2 is 2.00 bits per heavy atom. The van der Waals surface area contributed by atoms with Gasteiger partial charge in [0.2, 0.25) is 0 Å². The molecule has 1 amide bonds. The summed E-state index contributed by atoms with van der Waals surface area (Å²) >= 11 is 0. The second-order valence-electron chi connectivity index (χ2n) is 4.57. The molecule has 0 aliphatic carbocycles. The van der Waals surface area contributed by atoms with Gasteiger partial charge in [0.05, 0.1) is 0 Å². The molecule has 1 aromatic carbocycles. The zero-order valence-electron chi connectivity index (χ0n) is 10.6. The molecule has 0 radical (unpaired) electrons. The van der Waals surface area contributed by atoms with Crippen molar-refractivity contribution in [1.29, 1.82) is 0 Å². The van der Waals surface area contributed by atoms with Gasteiger partial charge < -0.3 is 10.5 Å². The van der Waals surface area contributed by atoms with E-state index in [2.05, 4.69) is 5.32 Å². The molecule has 0 aliphatic rings. The first-order valence-electron chi connectivity index (χ1n) is 5.72. The number of ether oxygens (including phenoxy) is 1. The van der Waals surface area contributed by atoms with Crippen molar-refractivity contribution in [2.75, 3.05) is 11.9 Å². The van der Waals surface area contributed by atoms with E-state index >= 15 is 0 Å². The second kappa shape index (κ2) is 5.68. The Labute approximate surface area is 102 Å². The highest BCUT2D eigenvalue weighted by molar-refractivity contribution is 5.84. The average Bonchev–Trinajstić information content (AvgIpc) is 2.30. The number of anilines is 1. The van der Waals surface area contributed by atoms with E-state index in [1.807, 2.05) is 45.0 Å². The summed E-state index contributed by atoms with van der Waals surface area (Å²) in [7, 11) is 0. The third kappa shape index (κ3) is 4.87. The number of nitrogens with two attached hydrogens (primary N) is 1. The van der Waals surface area contributed by atoms with E-state index in [0.29, 0.717) is 0 Å². The molecule has 17 heavy (non-hydrogen) atoms. The van der Waals surface area contributed by atoms with Gasteiger partial charge in [-0.15, -0.1) is 0 Å². The molecule has 0 heterocycles. The van der Waals surface area contributed by atoms with Gasteiger partial charge >= 0.3 is 6.09 Å². The lowest BCUT2D eigenvalue weighted by Crippen LogP contribution is -2.41. The van der Waals surface area contributed by atoms with Crippen LogP contribution < -0.4 is 11.1 Å². The predicted octanol–water partition coefficient (Wildman–Crippen LogP) is 2.67. The zero-order chi connectivity index (χ0) is 12.9. The Hall–Kier alpha value is -1.55. The van der Waals surface area contributed by atoms with Crippen LogP contribution in [-0.2, 0) is 4.74 Å². The van der Waals surface area contributed by atoms with Crippen LogP contribution in [0.25, 0.3) is 0 Å². The van der Waals surface area contributed by atoms with E-state index in [1.54, 1.807) is 0 Å². The van der Waals surface area contributed by atoms with Crippen LogP contribution in [0, 0.1) is 6.92 Å². The minimum atomic E-state index is -0.473. The fraction of sp³-hybridized carbons (Fsp3) is 0.462.